The predicted molar refractivity (Wildman–Crippen MR) is 139 cm³/mol. The predicted octanol–water partition coefficient (Wildman–Crippen LogP) is 2.17. The summed E-state index contributed by atoms with van der Waals surface area (Å²) in [5.41, 5.74) is 2.74. The number of rotatable bonds is 6. The summed E-state index contributed by atoms with van der Waals surface area (Å²) < 4.78 is 22.7. The van der Waals surface area contributed by atoms with Crippen molar-refractivity contribution < 1.29 is 18.9 Å². The van der Waals surface area contributed by atoms with Crippen LogP contribution < -0.4 is 0 Å². The Balaban J connectivity index is 1.30. The average Bonchev–Trinajstić information content (AvgIpc) is 2.96. The molecule has 0 amide bonds. The fourth-order valence-electron chi connectivity index (χ4n) is 6.20. The summed E-state index contributed by atoms with van der Waals surface area (Å²) in [4.78, 5) is 10.3. The molecule has 4 aliphatic rings. The summed E-state index contributed by atoms with van der Waals surface area (Å²) in [6, 6.07) is 14.2. The highest BCUT2D eigenvalue weighted by Gasteiger charge is 2.31. The van der Waals surface area contributed by atoms with E-state index in [1.807, 2.05) is 0 Å². The summed E-state index contributed by atoms with van der Waals surface area (Å²) in [6.45, 7) is 14.2. The van der Waals surface area contributed by atoms with Gasteiger partial charge in [-0.3, -0.25) is 19.6 Å². The van der Waals surface area contributed by atoms with Gasteiger partial charge in [-0.1, -0.05) is 24.3 Å². The van der Waals surface area contributed by atoms with Crippen molar-refractivity contribution in [3.05, 3.63) is 47.5 Å². The van der Waals surface area contributed by atoms with Crippen LogP contribution in [-0.4, -0.2) is 125 Å². The Hall–Kier alpha value is -1.62. The highest BCUT2D eigenvalue weighted by atomic mass is 16.5. The topological polar surface area (TPSA) is 49.9 Å². The SMILES string of the molecule is c1cc2cc(C(N3CCOCC3)N3CCOCC3)ccc2cc1C(N1CCOCC1)N1CCOCC1. The third kappa shape index (κ3) is 5.47. The summed E-state index contributed by atoms with van der Waals surface area (Å²) in [5, 5.41) is 2.62. The van der Waals surface area contributed by atoms with Crippen molar-refractivity contribution in [2.75, 3.05) is 105 Å². The molecule has 8 heteroatoms. The van der Waals surface area contributed by atoms with Gasteiger partial charge in [-0.05, 0) is 34.0 Å². The van der Waals surface area contributed by atoms with E-state index in [1.54, 1.807) is 0 Å². The van der Waals surface area contributed by atoms with Gasteiger partial charge in [-0.25, -0.2) is 0 Å². The van der Waals surface area contributed by atoms with Crippen LogP contribution in [-0.2, 0) is 18.9 Å². The Labute approximate surface area is 214 Å². The molecule has 36 heavy (non-hydrogen) atoms. The number of hydrogen-bond donors (Lipinski definition) is 0. The van der Waals surface area contributed by atoms with Gasteiger partial charge in [0, 0.05) is 52.4 Å². The van der Waals surface area contributed by atoms with E-state index < -0.39 is 0 Å². The largest absolute Gasteiger partial charge is 0.379 e. The zero-order chi connectivity index (χ0) is 24.2. The van der Waals surface area contributed by atoms with Crippen LogP contribution in [0.25, 0.3) is 10.8 Å². The van der Waals surface area contributed by atoms with Gasteiger partial charge in [0.2, 0.25) is 0 Å². The third-order valence-corrected chi connectivity index (χ3v) is 8.05. The molecule has 0 aliphatic carbocycles. The van der Waals surface area contributed by atoms with Gasteiger partial charge < -0.3 is 18.9 Å². The molecule has 2 aromatic rings. The van der Waals surface area contributed by atoms with Crippen LogP contribution in [0.4, 0.5) is 0 Å². The van der Waals surface area contributed by atoms with Gasteiger partial charge in [0.05, 0.1) is 65.2 Å². The van der Waals surface area contributed by atoms with E-state index in [0.29, 0.717) is 0 Å². The van der Waals surface area contributed by atoms with Crippen molar-refractivity contribution in [3.63, 3.8) is 0 Å². The van der Waals surface area contributed by atoms with Gasteiger partial charge >= 0.3 is 0 Å². The highest BCUT2D eigenvalue weighted by Crippen LogP contribution is 2.33. The molecule has 0 saturated carbocycles. The minimum absolute atomic E-state index is 0.274. The maximum absolute atomic E-state index is 5.67. The van der Waals surface area contributed by atoms with Crippen LogP contribution in [0.3, 0.4) is 0 Å². The van der Waals surface area contributed by atoms with E-state index >= 15 is 0 Å². The fraction of sp³-hybridized carbons (Fsp3) is 0.643. The van der Waals surface area contributed by atoms with Gasteiger partial charge in [0.1, 0.15) is 0 Å². The van der Waals surface area contributed by atoms with Crippen LogP contribution in [0.5, 0.6) is 0 Å². The van der Waals surface area contributed by atoms with E-state index in [-0.39, 0.29) is 12.3 Å². The molecule has 0 unspecified atom stereocenters. The molecule has 2 aromatic carbocycles. The van der Waals surface area contributed by atoms with Crippen molar-refractivity contribution in [1.82, 2.24) is 19.6 Å². The van der Waals surface area contributed by atoms with Crippen molar-refractivity contribution in [2.24, 2.45) is 0 Å². The molecule has 0 atom stereocenters. The van der Waals surface area contributed by atoms with E-state index in [0.717, 1.165) is 105 Å². The zero-order valence-electron chi connectivity index (χ0n) is 21.4. The molecule has 0 N–H and O–H groups in total. The van der Waals surface area contributed by atoms with Crippen molar-refractivity contribution in [3.8, 4) is 0 Å². The first-order valence-corrected chi connectivity index (χ1v) is 13.7. The van der Waals surface area contributed by atoms with E-state index in [2.05, 4.69) is 56.0 Å². The van der Waals surface area contributed by atoms with Crippen molar-refractivity contribution >= 4 is 10.8 Å². The first-order valence-electron chi connectivity index (χ1n) is 13.7. The first kappa shape index (κ1) is 24.7. The van der Waals surface area contributed by atoms with Crippen molar-refractivity contribution in [2.45, 2.75) is 12.3 Å². The van der Waals surface area contributed by atoms with Crippen LogP contribution >= 0.6 is 0 Å². The normalized spacial score (nSPS) is 24.2. The van der Waals surface area contributed by atoms with Gasteiger partial charge in [0.15, 0.2) is 0 Å². The summed E-state index contributed by atoms with van der Waals surface area (Å²) in [7, 11) is 0. The second-order valence-electron chi connectivity index (χ2n) is 10.2. The standard InChI is InChI=1S/C28H40N4O4/c1-3-25(27(29-5-13-33-14-6-29)30-7-15-34-16-8-30)22-24-2-4-26(21-23(1)24)28(31-9-17-35-18-10-31)32-11-19-36-20-12-32/h1-4,21-22,27-28H,5-20H2. The smallest absolute Gasteiger partial charge is 0.0889 e. The summed E-state index contributed by atoms with van der Waals surface area (Å²) >= 11 is 0. The maximum Gasteiger partial charge on any atom is 0.0889 e. The van der Waals surface area contributed by atoms with Crippen LogP contribution in [0.15, 0.2) is 36.4 Å². The summed E-state index contributed by atoms with van der Waals surface area (Å²) in [5.74, 6) is 0. The maximum atomic E-state index is 5.67. The first-order chi connectivity index (χ1) is 17.9. The highest BCUT2D eigenvalue weighted by molar-refractivity contribution is 5.84. The molecular formula is C28H40N4O4. The molecule has 4 saturated heterocycles. The molecule has 6 rings (SSSR count). The minimum atomic E-state index is 0.274. The number of hydrogen-bond acceptors (Lipinski definition) is 8. The number of ether oxygens (including phenoxy) is 4. The fourth-order valence-corrected chi connectivity index (χ4v) is 6.20. The number of morpholine rings is 4. The molecule has 196 valence electrons. The Morgan fingerprint density at radius 1 is 0.417 bits per heavy atom. The Morgan fingerprint density at radius 3 is 0.972 bits per heavy atom. The van der Waals surface area contributed by atoms with Crippen LogP contribution in [0.1, 0.15) is 23.5 Å². The van der Waals surface area contributed by atoms with Crippen molar-refractivity contribution in [1.29, 1.82) is 0 Å². The molecule has 0 radical (unpaired) electrons. The van der Waals surface area contributed by atoms with Gasteiger partial charge in [-0.15, -0.1) is 0 Å². The molecule has 0 bridgehead atoms. The molecule has 8 nitrogen and oxygen atoms in total. The molecule has 0 aromatic heterocycles. The number of benzene rings is 2. The molecule has 0 spiro atoms. The lowest BCUT2D eigenvalue weighted by molar-refractivity contribution is -0.0677. The Bertz CT molecular complexity index is 867. The van der Waals surface area contributed by atoms with Crippen LogP contribution in [0.2, 0.25) is 0 Å². The average molecular weight is 497 g/mol. The lowest BCUT2D eigenvalue weighted by atomic mass is 9.99. The molecular weight excluding hydrogens is 456 g/mol. The zero-order valence-corrected chi connectivity index (χ0v) is 21.4. The third-order valence-electron chi connectivity index (χ3n) is 8.05. The quantitative estimate of drug-likeness (QED) is 0.603. The van der Waals surface area contributed by atoms with E-state index in [9.17, 15) is 0 Å². The molecule has 4 aliphatic heterocycles. The lowest BCUT2D eigenvalue weighted by Gasteiger charge is -2.43. The van der Waals surface area contributed by atoms with E-state index in [4.69, 9.17) is 18.9 Å². The van der Waals surface area contributed by atoms with Crippen LogP contribution in [0, 0.1) is 0 Å². The van der Waals surface area contributed by atoms with Gasteiger partial charge in [0.25, 0.3) is 0 Å². The summed E-state index contributed by atoms with van der Waals surface area (Å²) in [6.07, 6.45) is 0.549. The molecule has 4 heterocycles. The molecule has 4 fully saturated rings. The minimum Gasteiger partial charge on any atom is -0.379 e. The lowest BCUT2D eigenvalue weighted by Crippen LogP contribution is -2.50. The van der Waals surface area contributed by atoms with E-state index in [1.165, 1.54) is 21.9 Å². The Morgan fingerprint density at radius 2 is 0.694 bits per heavy atom. The Kier molecular flexibility index (Phi) is 8.12. The van der Waals surface area contributed by atoms with Gasteiger partial charge in [-0.2, -0.15) is 0 Å². The monoisotopic (exact) mass is 496 g/mol. The number of fused-ring (bicyclic) bond motifs is 1. The second kappa shape index (κ2) is 11.8. The number of nitrogens with zero attached hydrogens (tertiary/aromatic N) is 4. The second-order valence-corrected chi connectivity index (χ2v) is 10.2.